The monoisotopic (exact) mass is 224 g/mol. The zero-order valence-corrected chi connectivity index (χ0v) is 11.9. The van der Waals surface area contributed by atoms with Crippen LogP contribution in [0.15, 0.2) is 36.1 Å². The van der Waals surface area contributed by atoms with Gasteiger partial charge < -0.3 is 5.32 Å². The third-order valence-electron chi connectivity index (χ3n) is 2.00. The summed E-state index contributed by atoms with van der Waals surface area (Å²) in [5, 5.41) is 3.21. The summed E-state index contributed by atoms with van der Waals surface area (Å²) in [5.74, 6) is 0. The Hall–Kier alpha value is -1.02. The number of hydrogen-bond donors (Lipinski definition) is 1. The lowest BCUT2D eigenvalue weighted by atomic mass is 10.1. The van der Waals surface area contributed by atoms with Crippen molar-refractivity contribution in [2.75, 3.05) is 20.8 Å². The molecule has 0 aromatic carbocycles. The van der Waals surface area contributed by atoms with E-state index in [2.05, 4.69) is 37.2 Å². The molecule has 0 saturated carbocycles. The van der Waals surface area contributed by atoms with E-state index in [4.69, 9.17) is 0 Å². The molecule has 0 radical (unpaired) electrons. The Labute approximate surface area is 102 Å². The quantitative estimate of drug-likeness (QED) is 0.548. The van der Waals surface area contributed by atoms with Crippen LogP contribution in [-0.4, -0.2) is 25.7 Å². The largest absolute Gasteiger partial charge is 0.373 e. The molecule has 0 atom stereocenters. The van der Waals surface area contributed by atoms with Gasteiger partial charge in [0.1, 0.15) is 0 Å². The molecule has 0 saturated heterocycles. The van der Waals surface area contributed by atoms with Crippen LogP contribution < -0.4 is 5.32 Å². The van der Waals surface area contributed by atoms with Crippen molar-refractivity contribution in [3.63, 3.8) is 0 Å². The third kappa shape index (κ3) is 9.53. The third-order valence-corrected chi connectivity index (χ3v) is 2.00. The van der Waals surface area contributed by atoms with Gasteiger partial charge in [-0.3, -0.25) is 4.90 Å². The van der Waals surface area contributed by atoms with Crippen molar-refractivity contribution in [1.82, 2.24) is 10.2 Å². The Morgan fingerprint density at radius 1 is 1.25 bits per heavy atom. The first-order chi connectivity index (χ1) is 7.47. The number of hydrogen-bond acceptors (Lipinski definition) is 2. The van der Waals surface area contributed by atoms with Crippen LogP contribution in [0.3, 0.4) is 0 Å². The van der Waals surface area contributed by atoms with Crippen molar-refractivity contribution >= 4 is 0 Å². The van der Waals surface area contributed by atoms with Crippen molar-refractivity contribution < 1.29 is 0 Å². The highest BCUT2D eigenvalue weighted by Crippen LogP contribution is 2.11. The van der Waals surface area contributed by atoms with Gasteiger partial charge in [-0.15, -0.1) is 0 Å². The van der Waals surface area contributed by atoms with Crippen LogP contribution in [0.5, 0.6) is 0 Å². The molecule has 0 aromatic heterocycles. The molecule has 2 heteroatoms. The zero-order valence-electron chi connectivity index (χ0n) is 11.9. The lowest BCUT2D eigenvalue weighted by Gasteiger charge is -2.13. The minimum atomic E-state index is 0.807. The smallest absolute Gasteiger partial charge is 0.0673 e. The molecule has 0 heterocycles. The molecule has 0 fully saturated rings. The molecule has 0 aliphatic rings. The maximum absolute atomic E-state index is 3.97. The fraction of sp³-hybridized carbons (Fsp3) is 0.571. The second kappa shape index (κ2) is 10.5. The molecule has 0 aliphatic heterocycles. The van der Waals surface area contributed by atoms with Crippen LogP contribution in [0.25, 0.3) is 0 Å². The Morgan fingerprint density at radius 2 is 1.75 bits per heavy atom. The Kier molecular flexibility index (Phi) is 11.4. The molecule has 0 aliphatic carbocycles. The minimum absolute atomic E-state index is 0.807. The molecule has 0 rings (SSSR count). The second-order valence-electron chi connectivity index (χ2n) is 3.72. The van der Waals surface area contributed by atoms with Gasteiger partial charge in [-0.1, -0.05) is 39.5 Å². The highest BCUT2D eigenvalue weighted by Gasteiger charge is 1.95. The predicted octanol–water partition coefficient (Wildman–Crippen LogP) is 3.55. The van der Waals surface area contributed by atoms with E-state index in [-0.39, 0.29) is 0 Å². The first-order valence-corrected chi connectivity index (χ1v) is 5.91. The number of nitrogens with zero attached hydrogens (tertiary/aromatic N) is 1. The fourth-order valence-corrected chi connectivity index (χ4v) is 0.953. The standard InChI is InChI=1S/C12H22N2.C2H6/c1-7-10(2)11(3)8-12(4)13-9-14(5)6;1-2/h8,13H,2,4,7,9H2,1,3,5-6H3;1-2H3/b11-8-;. The summed E-state index contributed by atoms with van der Waals surface area (Å²) >= 11 is 0. The number of rotatable bonds is 6. The highest BCUT2D eigenvalue weighted by molar-refractivity contribution is 5.32. The summed E-state index contributed by atoms with van der Waals surface area (Å²) in [5.41, 5.74) is 3.30. The van der Waals surface area contributed by atoms with Crippen molar-refractivity contribution in [1.29, 1.82) is 0 Å². The van der Waals surface area contributed by atoms with Crippen molar-refractivity contribution in [3.8, 4) is 0 Å². The zero-order chi connectivity index (χ0) is 13.1. The summed E-state index contributed by atoms with van der Waals surface area (Å²) in [4.78, 5) is 2.06. The van der Waals surface area contributed by atoms with Crippen LogP contribution in [0.1, 0.15) is 34.1 Å². The molecule has 0 spiro atoms. The van der Waals surface area contributed by atoms with Gasteiger partial charge in [0.15, 0.2) is 0 Å². The molecule has 16 heavy (non-hydrogen) atoms. The lowest BCUT2D eigenvalue weighted by Crippen LogP contribution is -2.26. The summed E-state index contributed by atoms with van der Waals surface area (Å²) in [6, 6.07) is 0. The Balaban J connectivity index is 0. The Bertz CT molecular complexity index is 237. The van der Waals surface area contributed by atoms with Gasteiger partial charge in [-0.2, -0.15) is 0 Å². The normalized spacial score (nSPS) is 10.6. The second-order valence-corrected chi connectivity index (χ2v) is 3.72. The molecular formula is C14H28N2. The van der Waals surface area contributed by atoms with E-state index in [1.54, 1.807) is 0 Å². The van der Waals surface area contributed by atoms with Gasteiger partial charge >= 0.3 is 0 Å². The van der Waals surface area contributed by atoms with Crippen LogP contribution in [-0.2, 0) is 0 Å². The lowest BCUT2D eigenvalue weighted by molar-refractivity contribution is 0.389. The van der Waals surface area contributed by atoms with Crippen molar-refractivity contribution in [2.45, 2.75) is 34.1 Å². The number of nitrogens with one attached hydrogen (secondary N) is 1. The van der Waals surface area contributed by atoms with Gasteiger partial charge in [0, 0.05) is 5.70 Å². The molecule has 1 N–H and O–H groups in total. The van der Waals surface area contributed by atoms with E-state index in [0.717, 1.165) is 24.4 Å². The van der Waals surface area contributed by atoms with Gasteiger partial charge in [-0.05, 0) is 39.1 Å². The van der Waals surface area contributed by atoms with Gasteiger partial charge in [0.2, 0.25) is 0 Å². The molecule has 94 valence electrons. The van der Waals surface area contributed by atoms with Crippen molar-refractivity contribution in [3.05, 3.63) is 36.1 Å². The van der Waals surface area contributed by atoms with E-state index < -0.39 is 0 Å². The predicted molar refractivity (Wildman–Crippen MR) is 75.4 cm³/mol. The Morgan fingerprint density at radius 3 is 2.12 bits per heavy atom. The number of allylic oxidation sites excluding steroid dienone is 3. The van der Waals surface area contributed by atoms with Crippen LogP contribution in [0, 0.1) is 0 Å². The first-order valence-electron chi connectivity index (χ1n) is 5.91. The average Bonchev–Trinajstić information content (AvgIpc) is 2.27. The maximum Gasteiger partial charge on any atom is 0.0673 e. The van der Waals surface area contributed by atoms with Gasteiger partial charge in [0.25, 0.3) is 0 Å². The van der Waals surface area contributed by atoms with Gasteiger partial charge in [0.05, 0.1) is 6.67 Å². The summed E-state index contributed by atoms with van der Waals surface area (Å²) < 4.78 is 0. The van der Waals surface area contributed by atoms with Crippen molar-refractivity contribution in [2.24, 2.45) is 0 Å². The molecule has 0 aromatic rings. The maximum atomic E-state index is 3.97. The molecule has 2 nitrogen and oxygen atoms in total. The van der Waals surface area contributed by atoms with Crippen LogP contribution >= 0.6 is 0 Å². The highest BCUT2D eigenvalue weighted by atomic mass is 15.2. The topological polar surface area (TPSA) is 15.3 Å². The molecular weight excluding hydrogens is 196 g/mol. The molecule has 0 unspecified atom stereocenters. The average molecular weight is 224 g/mol. The first kappa shape index (κ1) is 17.4. The van der Waals surface area contributed by atoms with E-state index in [1.807, 2.05) is 34.0 Å². The molecule has 0 amide bonds. The van der Waals surface area contributed by atoms with E-state index in [1.165, 1.54) is 5.57 Å². The van der Waals surface area contributed by atoms with Gasteiger partial charge in [-0.25, -0.2) is 0 Å². The van der Waals surface area contributed by atoms with Crippen LogP contribution in [0.2, 0.25) is 0 Å². The molecule has 0 bridgehead atoms. The SMILES string of the molecule is C=C(/C=C(/C)C(=C)CC)NCN(C)C.CC. The summed E-state index contributed by atoms with van der Waals surface area (Å²) in [6.45, 7) is 16.9. The summed E-state index contributed by atoms with van der Waals surface area (Å²) in [7, 11) is 4.03. The summed E-state index contributed by atoms with van der Waals surface area (Å²) in [6.07, 6.45) is 3.03. The fourth-order valence-electron chi connectivity index (χ4n) is 0.953. The minimum Gasteiger partial charge on any atom is -0.373 e. The van der Waals surface area contributed by atoms with E-state index >= 15 is 0 Å². The van der Waals surface area contributed by atoms with E-state index in [0.29, 0.717) is 0 Å². The van der Waals surface area contributed by atoms with E-state index in [9.17, 15) is 0 Å². The van der Waals surface area contributed by atoms with Crippen LogP contribution in [0.4, 0.5) is 0 Å².